The van der Waals surface area contributed by atoms with Crippen molar-refractivity contribution in [2.24, 2.45) is 0 Å². The van der Waals surface area contributed by atoms with Crippen LogP contribution >= 0.6 is 11.6 Å². The number of aromatic amines is 1. The van der Waals surface area contributed by atoms with Crippen LogP contribution in [0.25, 0.3) is 22.3 Å². The summed E-state index contributed by atoms with van der Waals surface area (Å²) in [5.41, 5.74) is 4.76. The number of aromatic nitrogens is 3. The van der Waals surface area contributed by atoms with Gasteiger partial charge in [-0.15, -0.1) is 11.6 Å². The quantitative estimate of drug-likeness (QED) is 0.497. The molecule has 2 aromatic heterocycles. The Labute approximate surface area is 160 Å². The van der Waals surface area contributed by atoms with Gasteiger partial charge in [0.15, 0.2) is 11.5 Å². The molecule has 0 spiro atoms. The molecule has 2 N–H and O–H groups in total. The van der Waals surface area contributed by atoms with Gasteiger partial charge in [0, 0.05) is 34.9 Å². The van der Waals surface area contributed by atoms with Gasteiger partial charge in [0.05, 0.1) is 0 Å². The highest BCUT2D eigenvalue weighted by molar-refractivity contribution is 6.17. The van der Waals surface area contributed by atoms with Gasteiger partial charge in [-0.3, -0.25) is 0 Å². The number of H-pyrrole nitrogens is 1. The minimum absolute atomic E-state index is 0.248. The second-order valence-electron chi connectivity index (χ2n) is 6.20. The molecule has 4 aromatic rings. The Morgan fingerprint density at radius 2 is 1.89 bits per heavy atom. The number of alkyl halides is 1. The summed E-state index contributed by atoms with van der Waals surface area (Å²) in [4.78, 5) is 12.3. The molecule has 1 aliphatic rings. The van der Waals surface area contributed by atoms with E-state index in [0.29, 0.717) is 17.6 Å². The molecule has 5 rings (SSSR count). The molecule has 6 nitrogen and oxygen atoms in total. The second kappa shape index (κ2) is 6.48. The molecule has 0 saturated heterocycles. The number of anilines is 2. The van der Waals surface area contributed by atoms with Crippen LogP contribution in [-0.4, -0.2) is 21.7 Å². The largest absolute Gasteiger partial charge is 0.454 e. The Bertz CT molecular complexity index is 1120. The highest BCUT2D eigenvalue weighted by atomic mass is 35.5. The minimum Gasteiger partial charge on any atom is -0.454 e. The van der Waals surface area contributed by atoms with Crippen molar-refractivity contribution in [1.29, 1.82) is 0 Å². The summed E-state index contributed by atoms with van der Waals surface area (Å²) >= 11 is 5.86. The van der Waals surface area contributed by atoms with E-state index in [1.807, 2.05) is 48.5 Å². The number of hydrogen-bond donors (Lipinski definition) is 2. The summed E-state index contributed by atoms with van der Waals surface area (Å²) in [6.07, 6.45) is 1.80. The Morgan fingerprint density at radius 3 is 2.74 bits per heavy atom. The standard InChI is InChI=1S/C20H15ClN4O2/c21-9-12-1-3-13(4-2-12)16-7-14-10-22-20(25-19(14)24-16)23-15-5-6-17-18(8-15)27-11-26-17/h1-8,10H,9,11H2,(H2,22,23,24,25). The fraction of sp³-hybridized carbons (Fsp3) is 0.100. The third kappa shape index (κ3) is 3.04. The summed E-state index contributed by atoms with van der Waals surface area (Å²) in [5.74, 6) is 2.47. The smallest absolute Gasteiger partial charge is 0.231 e. The van der Waals surface area contributed by atoms with Crippen molar-refractivity contribution in [1.82, 2.24) is 15.0 Å². The maximum absolute atomic E-state index is 5.86. The van der Waals surface area contributed by atoms with Crippen LogP contribution in [0.2, 0.25) is 0 Å². The minimum atomic E-state index is 0.248. The molecule has 0 amide bonds. The first-order chi connectivity index (χ1) is 13.3. The van der Waals surface area contributed by atoms with Crippen LogP contribution in [0.3, 0.4) is 0 Å². The van der Waals surface area contributed by atoms with Crippen LogP contribution in [0, 0.1) is 0 Å². The fourth-order valence-electron chi connectivity index (χ4n) is 3.01. The summed E-state index contributed by atoms with van der Waals surface area (Å²) in [7, 11) is 0. The SMILES string of the molecule is ClCc1ccc(-c2cc3cnc(Nc4ccc5c(c4)OCO5)nc3[nH]2)cc1. The molecule has 0 radical (unpaired) electrons. The van der Waals surface area contributed by atoms with Crippen LogP contribution in [0.4, 0.5) is 11.6 Å². The molecule has 0 fully saturated rings. The Hall–Kier alpha value is -3.25. The lowest BCUT2D eigenvalue weighted by atomic mass is 10.1. The molecule has 3 heterocycles. The predicted octanol–water partition coefficient (Wildman–Crippen LogP) is 4.84. The van der Waals surface area contributed by atoms with Gasteiger partial charge < -0.3 is 19.8 Å². The van der Waals surface area contributed by atoms with E-state index in [1.54, 1.807) is 6.20 Å². The number of benzene rings is 2. The van der Waals surface area contributed by atoms with Gasteiger partial charge in [0.2, 0.25) is 12.7 Å². The van der Waals surface area contributed by atoms with Crippen molar-refractivity contribution >= 4 is 34.3 Å². The molecule has 0 aliphatic carbocycles. The zero-order valence-electron chi connectivity index (χ0n) is 14.2. The van der Waals surface area contributed by atoms with E-state index in [4.69, 9.17) is 21.1 Å². The van der Waals surface area contributed by atoms with Crippen molar-refractivity contribution in [3.05, 3.63) is 60.3 Å². The first-order valence-corrected chi connectivity index (χ1v) is 9.00. The lowest BCUT2D eigenvalue weighted by Gasteiger charge is -2.05. The first kappa shape index (κ1) is 16.0. The number of halogens is 1. The molecular weight excluding hydrogens is 364 g/mol. The Kier molecular flexibility index (Phi) is 3.83. The number of nitrogens with zero attached hydrogens (tertiary/aromatic N) is 2. The summed E-state index contributed by atoms with van der Waals surface area (Å²) < 4.78 is 10.7. The van der Waals surface area contributed by atoms with Crippen LogP contribution in [-0.2, 0) is 5.88 Å². The highest BCUT2D eigenvalue weighted by Gasteiger charge is 2.14. The topological polar surface area (TPSA) is 72.1 Å². The summed E-state index contributed by atoms with van der Waals surface area (Å²) in [6, 6.07) is 15.8. The molecule has 0 saturated carbocycles. The van der Waals surface area contributed by atoms with Crippen LogP contribution in [0.15, 0.2) is 54.7 Å². The van der Waals surface area contributed by atoms with E-state index in [-0.39, 0.29) is 6.79 Å². The molecule has 134 valence electrons. The number of ether oxygens (including phenoxy) is 2. The Morgan fingerprint density at radius 1 is 1.04 bits per heavy atom. The van der Waals surface area contributed by atoms with Gasteiger partial charge >= 0.3 is 0 Å². The summed E-state index contributed by atoms with van der Waals surface area (Å²) in [6.45, 7) is 0.248. The van der Waals surface area contributed by atoms with Crippen LogP contribution < -0.4 is 14.8 Å². The van der Waals surface area contributed by atoms with Gasteiger partial charge in [0.25, 0.3) is 0 Å². The zero-order valence-corrected chi connectivity index (χ0v) is 15.0. The number of rotatable bonds is 4. The average molecular weight is 379 g/mol. The predicted molar refractivity (Wildman–Crippen MR) is 105 cm³/mol. The molecule has 1 aliphatic heterocycles. The van der Waals surface area contributed by atoms with Crippen LogP contribution in [0.5, 0.6) is 11.5 Å². The zero-order chi connectivity index (χ0) is 18.2. The van der Waals surface area contributed by atoms with Crippen molar-refractivity contribution in [3.63, 3.8) is 0 Å². The number of hydrogen-bond acceptors (Lipinski definition) is 5. The van der Waals surface area contributed by atoms with E-state index in [1.165, 1.54) is 0 Å². The average Bonchev–Trinajstić information content (AvgIpc) is 3.34. The molecule has 0 unspecified atom stereocenters. The molecule has 0 atom stereocenters. The molecule has 7 heteroatoms. The lowest BCUT2D eigenvalue weighted by molar-refractivity contribution is 0.174. The van der Waals surface area contributed by atoms with Crippen molar-refractivity contribution in [3.8, 4) is 22.8 Å². The summed E-state index contributed by atoms with van der Waals surface area (Å²) in [5, 5.41) is 4.14. The lowest BCUT2D eigenvalue weighted by Crippen LogP contribution is -1.96. The van der Waals surface area contributed by atoms with Crippen molar-refractivity contribution in [2.45, 2.75) is 5.88 Å². The molecule has 27 heavy (non-hydrogen) atoms. The maximum atomic E-state index is 5.86. The van der Waals surface area contributed by atoms with E-state index < -0.39 is 0 Å². The second-order valence-corrected chi connectivity index (χ2v) is 6.47. The highest BCUT2D eigenvalue weighted by Crippen LogP contribution is 2.35. The Balaban J connectivity index is 1.43. The van der Waals surface area contributed by atoms with Gasteiger partial charge in [0.1, 0.15) is 5.65 Å². The fourth-order valence-corrected chi connectivity index (χ4v) is 3.19. The monoisotopic (exact) mass is 378 g/mol. The van der Waals surface area contributed by atoms with Gasteiger partial charge in [-0.25, -0.2) is 4.98 Å². The van der Waals surface area contributed by atoms with Gasteiger partial charge in [-0.2, -0.15) is 4.98 Å². The van der Waals surface area contributed by atoms with Gasteiger partial charge in [-0.1, -0.05) is 24.3 Å². The van der Waals surface area contributed by atoms with Crippen LogP contribution in [0.1, 0.15) is 5.56 Å². The molecule has 2 aromatic carbocycles. The van der Waals surface area contributed by atoms with E-state index in [2.05, 4.69) is 20.3 Å². The van der Waals surface area contributed by atoms with Gasteiger partial charge in [-0.05, 0) is 29.3 Å². The first-order valence-electron chi connectivity index (χ1n) is 8.46. The normalized spacial score (nSPS) is 12.5. The van der Waals surface area contributed by atoms with E-state index in [9.17, 15) is 0 Å². The van der Waals surface area contributed by atoms with E-state index >= 15 is 0 Å². The maximum Gasteiger partial charge on any atom is 0.231 e. The molecule has 0 bridgehead atoms. The molecular formula is C20H15ClN4O2. The van der Waals surface area contributed by atoms with Crippen molar-refractivity contribution in [2.75, 3.05) is 12.1 Å². The third-order valence-corrected chi connectivity index (χ3v) is 4.73. The number of nitrogens with one attached hydrogen (secondary N) is 2. The van der Waals surface area contributed by atoms with Crippen molar-refractivity contribution < 1.29 is 9.47 Å². The number of fused-ring (bicyclic) bond motifs is 2. The van der Waals surface area contributed by atoms with E-state index in [0.717, 1.165) is 39.3 Å². The third-order valence-electron chi connectivity index (χ3n) is 4.42.